The van der Waals surface area contributed by atoms with Crippen molar-refractivity contribution in [1.82, 2.24) is 9.88 Å². The number of amides is 1. The molecule has 5 nitrogen and oxygen atoms in total. The molecule has 3 heterocycles. The van der Waals surface area contributed by atoms with Gasteiger partial charge in [0.2, 0.25) is 5.91 Å². The van der Waals surface area contributed by atoms with Crippen molar-refractivity contribution in [2.24, 2.45) is 5.92 Å². The number of carbonyl (C=O) groups excluding carboxylic acids is 1. The van der Waals surface area contributed by atoms with Crippen LogP contribution in [0.15, 0.2) is 24.5 Å². The summed E-state index contributed by atoms with van der Waals surface area (Å²) in [5, 5.41) is 8.94. The molecule has 5 heteroatoms. The van der Waals surface area contributed by atoms with E-state index < -0.39 is 5.97 Å². The van der Waals surface area contributed by atoms with Crippen LogP contribution >= 0.6 is 0 Å². The summed E-state index contributed by atoms with van der Waals surface area (Å²) in [6, 6.07) is 4.22. The highest BCUT2D eigenvalue weighted by atomic mass is 16.4. The average molecular weight is 288 g/mol. The molecule has 112 valence electrons. The number of aliphatic carboxylic acids is 1. The van der Waals surface area contributed by atoms with Crippen LogP contribution in [0.1, 0.15) is 37.7 Å². The Morgan fingerprint density at radius 3 is 2.38 bits per heavy atom. The van der Waals surface area contributed by atoms with Gasteiger partial charge in [-0.1, -0.05) is 0 Å². The maximum Gasteiger partial charge on any atom is 0.303 e. The van der Waals surface area contributed by atoms with Gasteiger partial charge in [-0.3, -0.25) is 14.6 Å². The van der Waals surface area contributed by atoms with E-state index in [1.807, 2.05) is 17.0 Å². The summed E-state index contributed by atoms with van der Waals surface area (Å²) < 4.78 is 0. The van der Waals surface area contributed by atoms with Crippen molar-refractivity contribution in [3.63, 3.8) is 0 Å². The summed E-state index contributed by atoms with van der Waals surface area (Å²) in [4.78, 5) is 29.4. The zero-order valence-electron chi connectivity index (χ0n) is 11.9. The van der Waals surface area contributed by atoms with Crippen molar-refractivity contribution in [3.05, 3.63) is 30.1 Å². The van der Waals surface area contributed by atoms with Gasteiger partial charge in [-0.15, -0.1) is 0 Å². The van der Waals surface area contributed by atoms with Crippen LogP contribution in [-0.2, 0) is 16.0 Å². The number of hydrogen-bond donors (Lipinski definition) is 1. The first kappa shape index (κ1) is 14.0. The molecule has 3 rings (SSSR count). The second-order valence-electron chi connectivity index (χ2n) is 6.15. The van der Waals surface area contributed by atoms with Gasteiger partial charge in [-0.05, 0) is 49.3 Å². The Balaban J connectivity index is 1.65. The molecule has 2 unspecified atom stereocenters. The highest BCUT2D eigenvalue weighted by Gasteiger charge is 2.43. The van der Waals surface area contributed by atoms with Gasteiger partial charge in [0.1, 0.15) is 0 Å². The summed E-state index contributed by atoms with van der Waals surface area (Å²) in [5.74, 6) is -0.330. The minimum atomic E-state index is -0.726. The fraction of sp³-hybridized carbons (Fsp3) is 0.562. The molecule has 2 saturated heterocycles. The topological polar surface area (TPSA) is 70.5 Å². The number of hydrogen-bond acceptors (Lipinski definition) is 3. The van der Waals surface area contributed by atoms with Gasteiger partial charge in [-0.25, -0.2) is 0 Å². The van der Waals surface area contributed by atoms with Crippen LogP contribution in [0.2, 0.25) is 0 Å². The number of pyridine rings is 1. The lowest BCUT2D eigenvalue weighted by Crippen LogP contribution is -2.47. The van der Waals surface area contributed by atoms with Crippen LogP contribution in [0.5, 0.6) is 0 Å². The SMILES string of the molecule is O=C(O)CC1CC2CCC(C1)N2C(=O)Cc1ccncc1. The predicted octanol–water partition coefficient (Wildman–Crippen LogP) is 1.87. The minimum absolute atomic E-state index is 0.169. The Hall–Kier alpha value is -1.91. The van der Waals surface area contributed by atoms with Crippen LogP contribution in [-0.4, -0.2) is 39.0 Å². The van der Waals surface area contributed by atoms with Crippen LogP contribution < -0.4 is 0 Å². The summed E-state index contributed by atoms with van der Waals surface area (Å²) in [6.07, 6.45) is 7.77. The molecule has 0 saturated carbocycles. The lowest BCUT2D eigenvalue weighted by Gasteiger charge is -2.38. The normalized spacial score (nSPS) is 27.6. The van der Waals surface area contributed by atoms with E-state index in [1.54, 1.807) is 12.4 Å². The molecule has 1 N–H and O–H groups in total. The van der Waals surface area contributed by atoms with Crippen molar-refractivity contribution in [3.8, 4) is 0 Å². The zero-order valence-corrected chi connectivity index (χ0v) is 11.9. The van der Waals surface area contributed by atoms with Crippen LogP contribution in [0.4, 0.5) is 0 Å². The molecule has 0 aromatic carbocycles. The number of carboxylic acid groups (broad SMARTS) is 1. The van der Waals surface area contributed by atoms with Crippen LogP contribution in [0.25, 0.3) is 0 Å². The molecule has 2 bridgehead atoms. The van der Waals surface area contributed by atoms with E-state index in [2.05, 4.69) is 4.98 Å². The van der Waals surface area contributed by atoms with Crippen LogP contribution in [0.3, 0.4) is 0 Å². The van der Waals surface area contributed by atoms with Crippen molar-refractivity contribution >= 4 is 11.9 Å². The number of carbonyl (C=O) groups is 2. The van der Waals surface area contributed by atoms with E-state index in [4.69, 9.17) is 5.11 Å². The largest absolute Gasteiger partial charge is 0.481 e. The molecule has 0 spiro atoms. The third kappa shape index (κ3) is 3.06. The molecule has 1 aromatic heterocycles. The van der Waals surface area contributed by atoms with E-state index in [0.29, 0.717) is 6.42 Å². The van der Waals surface area contributed by atoms with Gasteiger partial charge < -0.3 is 10.0 Å². The molecule has 1 aromatic rings. The van der Waals surface area contributed by atoms with Crippen molar-refractivity contribution in [1.29, 1.82) is 0 Å². The van der Waals surface area contributed by atoms with Crippen molar-refractivity contribution < 1.29 is 14.7 Å². The molecule has 2 atom stereocenters. The van der Waals surface area contributed by atoms with Crippen molar-refractivity contribution in [2.75, 3.05) is 0 Å². The molecule has 2 aliphatic heterocycles. The van der Waals surface area contributed by atoms with Crippen LogP contribution in [0, 0.1) is 5.92 Å². The first-order valence-electron chi connectivity index (χ1n) is 7.55. The monoisotopic (exact) mass is 288 g/mol. The molecule has 0 aliphatic carbocycles. The smallest absolute Gasteiger partial charge is 0.303 e. The second kappa shape index (κ2) is 5.84. The third-order valence-corrected chi connectivity index (χ3v) is 4.69. The number of aromatic nitrogens is 1. The van der Waals surface area contributed by atoms with Gasteiger partial charge in [-0.2, -0.15) is 0 Å². The van der Waals surface area contributed by atoms with Gasteiger partial charge in [0, 0.05) is 30.9 Å². The first-order chi connectivity index (χ1) is 10.1. The van der Waals surface area contributed by atoms with E-state index in [-0.39, 0.29) is 30.3 Å². The third-order valence-electron chi connectivity index (χ3n) is 4.69. The maximum absolute atomic E-state index is 12.5. The summed E-state index contributed by atoms with van der Waals surface area (Å²) in [7, 11) is 0. The molecule has 2 aliphatic rings. The molecular formula is C16H20N2O3. The quantitative estimate of drug-likeness (QED) is 0.918. The Morgan fingerprint density at radius 2 is 1.81 bits per heavy atom. The fourth-order valence-corrected chi connectivity index (χ4v) is 3.88. The van der Waals surface area contributed by atoms with Gasteiger partial charge in [0.15, 0.2) is 0 Å². The van der Waals surface area contributed by atoms with E-state index in [9.17, 15) is 9.59 Å². The molecule has 2 fully saturated rings. The summed E-state index contributed by atoms with van der Waals surface area (Å²) >= 11 is 0. The molecule has 21 heavy (non-hydrogen) atoms. The number of fused-ring (bicyclic) bond motifs is 2. The highest BCUT2D eigenvalue weighted by molar-refractivity contribution is 5.80. The zero-order chi connectivity index (χ0) is 14.8. The lowest BCUT2D eigenvalue weighted by atomic mass is 9.88. The Bertz CT molecular complexity index is 518. The maximum atomic E-state index is 12.5. The summed E-state index contributed by atoms with van der Waals surface area (Å²) in [5.41, 5.74) is 0.988. The first-order valence-corrected chi connectivity index (χ1v) is 7.55. The predicted molar refractivity (Wildman–Crippen MR) is 76.6 cm³/mol. The Kier molecular flexibility index (Phi) is 3.90. The van der Waals surface area contributed by atoms with Gasteiger partial charge in [0.25, 0.3) is 0 Å². The molecule has 0 radical (unpaired) electrons. The standard InChI is InChI=1S/C16H20N2O3/c19-15(9-11-3-5-17-6-4-11)18-13-1-2-14(18)8-12(7-13)10-16(20)21/h3-6,12-14H,1-2,7-10H2,(H,20,21). The van der Waals surface area contributed by atoms with Gasteiger partial charge in [0.05, 0.1) is 6.42 Å². The Morgan fingerprint density at radius 1 is 1.19 bits per heavy atom. The second-order valence-corrected chi connectivity index (χ2v) is 6.15. The minimum Gasteiger partial charge on any atom is -0.481 e. The number of rotatable bonds is 4. The van der Waals surface area contributed by atoms with E-state index >= 15 is 0 Å². The lowest BCUT2D eigenvalue weighted by molar-refractivity contribution is -0.139. The average Bonchev–Trinajstić information content (AvgIpc) is 2.71. The molecular weight excluding hydrogens is 268 g/mol. The van der Waals surface area contributed by atoms with Crippen molar-refractivity contribution in [2.45, 2.75) is 50.6 Å². The number of carboxylic acids is 1. The number of piperidine rings is 1. The fourth-order valence-electron chi connectivity index (χ4n) is 3.88. The summed E-state index contributed by atoms with van der Waals surface area (Å²) in [6.45, 7) is 0. The van der Waals surface area contributed by atoms with Gasteiger partial charge >= 0.3 is 5.97 Å². The van der Waals surface area contributed by atoms with E-state index in [1.165, 1.54) is 0 Å². The Labute approximate surface area is 124 Å². The molecule has 1 amide bonds. The number of nitrogens with zero attached hydrogens (tertiary/aromatic N) is 2. The highest BCUT2D eigenvalue weighted by Crippen LogP contribution is 2.40. The van der Waals surface area contributed by atoms with E-state index in [0.717, 1.165) is 31.2 Å².